The van der Waals surface area contributed by atoms with Gasteiger partial charge < -0.3 is 5.32 Å². The molecule has 6 heteroatoms. The Bertz CT molecular complexity index is 761. The highest BCUT2D eigenvalue weighted by molar-refractivity contribution is 5.59. The molecule has 0 amide bonds. The molecule has 4 rings (SSSR count). The summed E-state index contributed by atoms with van der Waals surface area (Å²) in [5, 5.41) is 16.1. The van der Waals surface area contributed by atoms with Gasteiger partial charge in [0.2, 0.25) is 0 Å². The lowest BCUT2D eigenvalue weighted by Crippen LogP contribution is -2.06. The van der Waals surface area contributed by atoms with Gasteiger partial charge in [-0.25, -0.2) is 4.39 Å². The molecule has 0 saturated heterocycles. The zero-order valence-electron chi connectivity index (χ0n) is 10.6. The van der Waals surface area contributed by atoms with E-state index in [-0.39, 0.29) is 5.82 Å². The van der Waals surface area contributed by atoms with Crippen LogP contribution in [0.1, 0.15) is 12.8 Å². The zero-order valence-corrected chi connectivity index (χ0v) is 10.6. The van der Waals surface area contributed by atoms with Crippen molar-refractivity contribution in [1.82, 2.24) is 19.8 Å². The monoisotopic (exact) mass is 269 g/mol. The lowest BCUT2D eigenvalue weighted by atomic mass is 10.2. The van der Waals surface area contributed by atoms with Crippen molar-refractivity contribution < 1.29 is 4.39 Å². The summed E-state index contributed by atoms with van der Waals surface area (Å²) in [6, 6.07) is 10.5. The van der Waals surface area contributed by atoms with Crippen LogP contribution in [-0.2, 0) is 0 Å². The molecule has 0 bridgehead atoms. The second-order valence-electron chi connectivity index (χ2n) is 4.94. The molecule has 1 fully saturated rings. The Balaban J connectivity index is 1.79. The Kier molecular flexibility index (Phi) is 2.42. The lowest BCUT2D eigenvalue weighted by molar-refractivity contribution is 0.628. The molecule has 2 aromatic heterocycles. The number of nitrogens with zero attached hydrogens (tertiary/aromatic N) is 4. The maximum atomic E-state index is 13.0. The van der Waals surface area contributed by atoms with Crippen molar-refractivity contribution >= 4 is 11.5 Å². The molecular weight excluding hydrogens is 257 g/mol. The van der Waals surface area contributed by atoms with E-state index < -0.39 is 0 Å². The van der Waals surface area contributed by atoms with Crippen LogP contribution in [0.25, 0.3) is 17.0 Å². The molecule has 1 aliphatic rings. The van der Waals surface area contributed by atoms with Crippen LogP contribution >= 0.6 is 0 Å². The van der Waals surface area contributed by atoms with Crippen molar-refractivity contribution in [2.24, 2.45) is 0 Å². The summed E-state index contributed by atoms with van der Waals surface area (Å²) in [5.74, 6) is 1.15. The minimum Gasteiger partial charge on any atom is -0.366 e. The fourth-order valence-corrected chi connectivity index (χ4v) is 2.08. The maximum absolute atomic E-state index is 13.0. The third kappa shape index (κ3) is 1.99. The van der Waals surface area contributed by atoms with Gasteiger partial charge in [-0.2, -0.15) is 4.52 Å². The number of anilines is 1. The van der Waals surface area contributed by atoms with Crippen molar-refractivity contribution in [2.75, 3.05) is 5.32 Å². The molecule has 1 saturated carbocycles. The molecule has 20 heavy (non-hydrogen) atoms. The lowest BCUT2D eigenvalue weighted by Gasteiger charge is -2.04. The highest BCUT2D eigenvalue weighted by atomic mass is 19.1. The number of hydrogen-bond acceptors (Lipinski definition) is 4. The van der Waals surface area contributed by atoms with Crippen molar-refractivity contribution in [3.63, 3.8) is 0 Å². The third-order valence-electron chi connectivity index (χ3n) is 3.29. The highest BCUT2D eigenvalue weighted by Crippen LogP contribution is 2.24. The van der Waals surface area contributed by atoms with Gasteiger partial charge in [0, 0.05) is 11.6 Å². The summed E-state index contributed by atoms with van der Waals surface area (Å²) in [7, 11) is 0. The van der Waals surface area contributed by atoms with E-state index in [1.807, 2.05) is 12.1 Å². The summed E-state index contributed by atoms with van der Waals surface area (Å²) in [4.78, 5) is 0. The van der Waals surface area contributed by atoms with E-state index in [0.29, 0.717) is 17.5 Å². The molecule has 100 valence electrons. The molecule has 1 aliphatic carbocycles. The molecule has 1 aromatic carbocycles. The largest absolute Gasteiger partial charge is 0.366 e. The normalized spacial score (nSPS) is 14.7. The van der Waals surface area contributed by atoms with Crippen LogP contribution in [0.4, 0.5) is 10.2 Å². The highest BCUT2D eigenvalue weighted by Gasteiger charge is 2.21. The van der Waals surface area contributed by atoms with Gasteiger partial charge in [-0.1, -0.05) is 0 Å². The maximum Gasteiger partial charge on any atom is 0.185 e. The molecule has 0 atom stereocenters. The second kappa shape index (κ2) is 4.26. The van der Waals surface area contributed by atoms with Gasteiger partial charge in [-0.05, 0) is 49.2 Å². The van der Waals surface area contributed by atoms with Crippen LogP contribution in [0.5, 0.6) is 0 Å². The van der Waals surface area contributed by atoms with E-state index in [0.717, 1.165) is 11.4 Å². The zero-order chi connectivity index (χ0) is 13.5. The van der Waals surface area contributed by atoms with E-state index >= 15 is 0 Å². The number of benzene rings is 1. The summed E-state index contributed by atoms with van der Waals surface area (Å²) in [6.45, 7) is 0. The first-order chi connectivity index (χ1) is 9.79. The molecule has 0 spiro atoms. The van der Waals surface area contributed by atoms with Gasteiger partial charge in [-0.15, -0.1) is 15.3 Å². The van der Waals surface area contributed by atoms with E-state index in [9.17, 15) is 4.39 Å². The Morgan fingerprint density at radius 2 is 1.85 bits per heavy atom. The van der Waals surface area contributed by atoms with Crippen molar-refractivity contribution in [3.8, 4) is 11.4 Å². The molecule has 5 nitrogen and oxygen atoms in total. The van der Waals surface area contributed by atoms with Gasteiger partial charge in [0.25, 0.3) is 0 Å². The van der Waals surface area contributed by atoms with Crippen LogP contribution in [0, 0.1) is 5.82 Å². The average Bonchev–Trinajstić information content (AvgIpc) is 3.17. The van der Waals surface area contributed by atoms with Gasteiger partial charge in [0.1, 0.15) is 11.6 Å². The summed E-state index contributed by atoms with van der Waals surface area (Å²) in [6.07, 6.45) is 2.37. The SMILES string of the molecule is Fc1ccc(-c2nnc3ccc(NC4CC4)nn23)cc1. The van der Waals surface area contributed by atoms with Gasteiger partial charge in [0.05, 0.1) is 0 Å². The molecule has 0 aliphatic heterocycles. The third-order valence-corrected chi connectivity index (χ3v) is 3.29. The number of nitrogens with one attached hydrogen (secondary N) is 1. The molecule has 3 aromatic rings. The summed E-state index contributed by atoms with van der Waals surface area (Å²) in [5.41, 5.74) is 1.46. The Morgan fingerprint density at radius 3 is 2.60 bits per heavy atom. The predicted molar refractivity (Wildman–Crippen MR) is 72.8 cm³/mol. The molecule has 0 radical (unpaired) electrons. The van der Waals surface area contributed by atoms with Crippen LogP contribution in [0.3, 0.4) is 0 Å². The fraction of sp³-hybridized carbons (Fsp3) is 0.214. The van der Waals surface area contributed by atoms with Crippen LogP contribution in [-0.4, -0.2) is 25.9 Å². The first kappa shape index (κ1) is 11.3. The first-order valence-corrected chi connectivity index (χ1v) is 6.54. The number of rotatable bonds is 3. The van der Waals surface area contributed by atoms with Gasteiger partial charge in [-0.3, -0.25) is 0 Å². The minimum atomic E-state index is -0.272. The molecule has 2 heterocycles. The van der Waals surface area contributed by atoms with E-state index in [2.05, 4.69) is 20.6 Å². The number of aromatic nitrogens is 4. The van der Waals surface area contributed by atoms with Crippen LogP contribution in [0.15, 0.2) is 36.4 Å². The van der Waals surface area contributed by atoms with Crippen molar-refractivity contribution in [2.45, 2.75) is 18.9 Å². The average molecular weight is 269 g/mol. The standard InChI is InChI=1S/C14H12FN5/c15-10-3-1-9(2-4-10)14-18-17-13-8-7-12(19-20(13)14)16-11-5-6-11/h1-4,7-8,11H,5-6H2,(H,16,19). The quantitative estimate of drug-likeness (QED) is 0.793. The van der Waals surface area contributed by atoms with Crippen LogP contribution < -0.4 is 5.32 Å². The topological polar surface area (TPSA) is 55.1 Å². The fourth-order valence-electron chi connectivity index (χ4n) is 2.08. The number of fused-ring (bicyclic) bond motifs is 1. The molecule has 0 unspecified atom stereocenters. The van der Waals surface area contributed by atoms with Crippen LogP contribution in [0.2, 0.25) is 0 Å². The Hall–Kier alpha value is -2.50. The van der Waals surface area contributed by atoms with E-state index in [1.54, 1.807) is 16.6 Å². The van der Waals surface area contributed by atoms with Crippen molar-refractivity contribution in [3.05, 3.63) is 42.2 Å². The smallest absolute Gasteiger partial charge is 0.185 e. The number of hydrogen-bond donors (Lipinski definition) is 1. The molecular formula is C14H12FN5. The second-order valence-corrected chi connectivity index (χ2v) is 4.94. The van der Waals surface area contributed by atoms with E-state index in [1.165, 1.54) is 25.0 Å². The Labute approximate surface area is 114 Å². The van der Waals surface area contributed by atoms with E-state index in [4.69, 9.17) is 0 Å². The summed E-state index contributed by atoms with van der Waals surface area (Å²) < 4.78 is 14.7. The van der Waals surface area contributed by atoms with Crippen molar-refractivity contribution in [1.29, 1.82) is 0 Å². The van der Waals surface area contributed by atoms with Gasteiger partial charge >= 0.3 is 0 Å². The predicted octanol–water partition coefficient (Wildman–Crippen LogP) is 2.50. The first-order valence-electron chi connectivity index (χ1n) is 6.54. The molecule has 1 N–H and O–H groups in total. The van der Waals surface area contributed by atoms with Gasteiger partial charge in [0.15, 0.2) is 11.5 Å². The Morgan fingerprint density at radius 1 is 1.05 bits per heavy atom. The summed E-state index contributed by atoms with van der Waals surface area (Å²) >= 11 is 0. The minimum absolute atomic E-state index is 0.272. The number of halogens is 1.